The summed E-state index contributed by atoms with van der Waals surface area (Å²) in [6.45, 7) is -0.449. The number of ether oxygens (including phenoxy) is 1. The molecule has 1 atom stereocenters. The third-order valence-corrected chi connectivity index (χ3v) is 5.88. The van der Waals surface area contributed by atoms with E-state index in [0.717, 1.165) is 18.2 Å². The number of carbonyl (C=O) groups is 1. The zero-order valence-corrected chi connectivity index (χ0v) is 18.1. The monoisotopic (exact) mass is 481 g/mol. The van der Waals surface area contributed by atoms with Crippen molar-refractivity contribution < 1.29 is 27.8 Å². The number of anilines is 1. The van der Waals surface area contributed by atoms with Crippen LogP contribution < -0.4 is 10.9 Å². The molecule has 2 heterocycles. The Morgan fingerprint density at radius 3 is 2.58 bits per heavy atom. The third kappa shape index (κ3) is 4.17. The maximum atomic E-state index is 14.2. The van der Waals surface area contributed by atoms with Crippen molar-refractivity contribution in [3.05, 3.63) is 74.4 Å². The Bertz CT molecular complexity index is 1310. The summed E-state index contributed by atoms with van der Waals surface area (Å²) < 4.78 is 48.4. The summed E-state index contributed by atoms with van der Waals surface area (Å²) >= 11 is 5.77. The fraction of sp³-hybridized carbons (Fsp3) is 0.273. The number of aromatic nitrogens is 1. The van der Waals surface area contributed by atoms with Gasteiger partial charge in [-0.25, -0.2) is 18.0 Å². The Balaban J connectivity index is 1.81. The van der Waals surface area contributed by atoms with Crippen LogP contribution in [0.15, 0.2) is 35.1 Å². The van der Waals surface area contributed by atoms with E-state index in [4.69, 9.17) is 16.3 Å². The number of hydrogen-bond acceptors (Lipinski definition) is 4. The van der Waals surface area contributed by atoms with Gasteiger partial charge in [0, 0.05) is 24.8 Å². The number of fused-ring (bicyclic) bond motifs is 3. The first kappa shape index (κ1) is 23.1. The van der Waals surface area contributed by atoms with E-state index in [1.54, 1.807) is 0 Å². The molecule has 11 heteroatoms. The van der Waals surface area contributed by atoms with Crippen LogP contribution in [-0.2, 0) is 17.9 Å². The minimum Gasteiger partial charge on any atom is -0.395 e. The van der Waals surface area contributed by atoms with Gasteiger partial charge in [-0.05, 0) is 35.7 Å². The average Bonchev–Trinajstić information content (AvgIpc) is 2.79. The highest BCUT2D eigenvalue weighted by molar-refractivity contribution is 6.31. The second-order valence-corrected chi connectivity index (χ2v) is 7.96. The summed E-state index contributed by atoms with van der Waals surface area (Å²) in [5.74, 6) is -2.96. The number of aliphatic hydroxyl groups is 1. The summed E-state index contributed by atoms with van der Waals surface area (Å²) in [4.78, 5) is 27.1. The third-order valence-electron chi connectivity index (χ3n) is 5.59. The standard InChI is InChI=1S/C22H19ClF3N3O4/c1-28(22(32)27-11-2-3-15(24)14(23)6-11)18-9-33-10-19-20(18)12-7-16(25)17(26)8-13(12)21(31)29(19)4-5-30/h2-3,6-8,18,30H,4-5,9-10H2,1H3,(H,27,32). The predicted molar refractivity (Wildman–Crippen MR) is 116 cm³/mol. The molecular formula is C22H19ClF3N3O4. The van der Waals surface area contributed by atoms with Crippen LogP contribution in [-0.4, -0.2) is 40.9 Å². The minimum atomic E-state index is -1.18. The van der Waals surface area contributed by atoms with Crippen LogP contribution in [0.3, 0.4) is 0 Å². The molecule has 0 saturated carbocycles. The molecule has 7 nitrogen and oxygen atoms in total. The van der Waals surface area contributed by atoms with Crippen molar-refractivity contribution in [2.75, 3.05) is 25.6 Å². The van der Waals surface area contributed by atoms with E-state index in [2.05, 4.69) is 5.32 Å². The lowest BCUT2D eigenvalue weighted by molar-refractivity contribution is 0.0493. The van der Waals surface area contributed by atoms with Gasteiger partial charge in [0.1, 0.15) is 5.82 Å². The van der Waals surface area contributed by atoms with Gasteiger partial charge in [-0.2, -0.15) is 0 Å². The molecule has 3 aromatic rings. The molecule has 2 N–H and O–H groups in total. The van der Waals surface area contributed by atoms with E-state index in [1.807, 2.05) is 0 Å². The van der Waals surface area contributed by atoms with E-state index in [9.17, 15) is 27.9 Å². The minimum absolute atomic E-state index is 0.0148. The van der Waals surface area contributed by atoms with Gasteiger partial charge in [-0.15, -0.1) is 0 Å². The summed E-state index contributed by atoms with van der Waals surface area (Å²) in [5, 5.41) is 11.9. The summed E-state index contributed by atoms with van der Waals surface area (Å²) in [6.07, 6.45) is 0. The van der Waals surface area contributed by atoms with Crippen molar-refractivity contribution in [3.63, 3.8) is 0 Å². The van der Waals surface area contributed by atoms with Gasteiger partial charge in [0.2, 0.25) is 0 Å². The van der Waals surface area contributed by atoms with E-state index < -0.39 is 35.1 Å². The molecule has 0 aliphatic carbocycles. The molecule has 1 unspecified atom stereocenters. The molecule has 0 bridgehead atoms. The first-order valence-corrected chi connectivity index (χ1v) is 10.3. The first-order valence-electron chi connectivity index (χ1n) is 9.94. The molecular weight excluding hydrogens is 463 g/mol. The number of aliphatic hydroxyl groups excluding tert-OH is 1. The zero-order chi connectivity index (χ0) is 23.9. The van der Waals surface area contributed by atoms with Crippen molar-refractivity contribution in [1.82, 2.24) is 9.47 Å². The van der Waals surface area contributed by atoms with Crippen LogP contribution in [0.4, 0.5) is 23.7 Å². The number of nitrogens with zero attached hydrogens (tertiary/aromatic N) is 2. The SMILES string of the molecule is CN(C(=O)Nc1ccc(F)c(Cl)c1)C1COCc2c1c1cc(F)c(F)cc1c(=O)n2CCO. The number of urea groups is 1. The number of carbonyl (C=O) groups excluding carboxylic acids is 1. The van der Waals surface area contributed by atoms with Crippen LogP contribution in [0.2, 0.25) is 5.02 Å². The van der Waals surface area contributed by atoms with Crippen molar-refractivity contribution in [2.24, 2.45) is 0 Å². The number of rotatable bonds is 4. The Labute approximate surface area is 190 Å². The average molecular weight is 482 g/mol. The summed E-state index contributed by atoms with van der Waals surface area (Å²) in [6, 6.07) is 4.06. The van der Waals surface area contributed by atoms with Crippen LogP contribution >= 0.6 is 11.6 Å². The largest absolute Gasteiger partial charge is 0.395 e. The lowest BCUT2D eigenvalue weighted by atomic mass is 9.95. The molecule has 0 spiro atoms. The maximum Gasteiger partial charge on any atom is 0.322 e. The topological polar surface area (TPSA) is 83.8 Å². The van der Waals surface area contributed by atoms with Gasteiger partial charge >= 0.3 is 6.03 Å². The van der Waals surface area contributed by atoms with E-state index >= 15 is 0 Å². The fourth-order valence-electron chi connectivity index (χ4n) is 3.96. The zero-order valence-electron chi connectivity index (χ0n) is 17.4. The number of nitrogens with one attached hydrogen (secondary N) is 1. The number of benzene rings is 2. The highest BCUT2D eigenvalue weighted by atomic mass is 35.5. The van der Waals surface area contributed by atoms with Crippen molar-refractivity contribution >= 4 is 34.1 Å². The van der Waals surface area contributed by atoms with Gasteiger partial charge in [0.15, 0.2) is 11.6 Å². The molecule has 2 aromatic carbocycles. The quantitative estimate of drug-likeness (QED) is 0.594. The second-order valence-electron chi connectivity index (χ2n) is 7.55. The van der Waals surface area contributed by atoms with Crippen LogP contribution in [0.1, 0.15) is 17.3 Å². The van der Waals surface area contributed by atoms with Gasteiger partial charge in [0.25, 0.3) is 5.56 Å². The fourth-order valence-corrected chi connectivity index (χ4v) is 4.14. The van der Waals surface area contributed by atoms with Crippen LogP contribution in [0.25, 0.3) is 10.8 Å². The number of likely N-dealkylation sites (N-methyl/N-ethyl adjacent to an activating group) is 1. The molecule has 1 aromatic heterocycles. The van der Waals surface area contributed by atoms with Crippen LogP contribution in [0, 0.1) is 17.5 Å². The van der Waals surface area contributed by atoms with Crippen molar-refractivity contribution in [2.45, 2.75) is 19.2 Å². The first-order chi connectivity index (χ1) is 15.7. The molecule has 1 aliphatic rings. The Kier molecular flexibility index (Phi) is 6.33. The molecule has 2 amide bonds. The van der Waals surface area contributed by atoms with Crippen molar-refractivity contribution in [3.8, 4) is 0 Å². The van der Waals surface area contributed by atoms with E-state index in [1.165, 1.54) is 28.6 Å². The smallest absolute Gasteiger partial charge is 0.322 e. The van der Waals surface area contributed by atoms with Gasteiger partial charge < -0.3 is 24.6 Å². The maximum absolute atomic E-state index is 14.2. The molecule has 0 fully saturated rings. The number of pyridine rings is 1. The Morgan fingerprint density at radius 2 is 1.91 bits per heavy atom. The van der Waals surface area contributed by atoms with Gasteiger partial charge in [0.05, 0.1) is 42.0 Å². The highest BCUT2D eigenvalue weighted by Gasteiger charge is 2.32. The molecule has 1 aliphatic heterocycles. The normalized spacial score (nSPS) is 15.4. The van der Waals surface area contributed by atoms with E-state index in [-0.39, 0.29) is 47.8 Å². The molecule has 174 valence electrons. The second kappa shape index (κ2) is 9.05. The predicted octanol–water partition coefficient (Wildman–Crippen LogP) is 3.80. The highest BCUT2D eigenvalue weighted by Crippen LogP contribution is 2.35. The summed E-state index contributed by atoms with van der Waals surface area (Å²) in [5.41, 5.74) is 0.415. The summed E-state index contributed by atoms with van der Waals surface area (Å²) in [7, 11) is 1.47. The van der Waals surface area contributed by atoms with Gasteiger partial charge in [-0.3, -0.25) is 4.79 Å². The van der Waals surface area contributed by atoms with Gasteiger partial charge in [-0.1, -0.05) is 11.6 Å². The molecule has 33 heavy (non-hydrogen) atoms. The number of halogens is 4. The molecule has 0 radical (unpaired) electrons. The lowest BCUT2D eigenvalue weighted by Gasteiger charge is -2.35. The Hall–Kier alpha value is -3.08. The van der Waals surface area contributed by atoms with Crippen molar-refractivity contribution in [1.29, 1.82) is 0 Å². The van der Waals surface area contributed by atoms with Crippen LogP contribution in [0.5, 0.6) is 0 Å². The lowest BCUT2D eigenvalue weighted by Crippen LogP contribution is -2.41. The number of amides is 2. The Morgan fingerprint density at radius 1 is 1.21 bits per heavy atom. The van der Waals surface area contributed by atoms with E-state index in [0.29, 0.717) is 11.3 Å². The molecule has 4 rings (SSSR count). The number of hydrogen-bond donors (Lipinski definition) is 2. The molecule has 0 saturated heterocycles.